The van der Waals surface area contributed by atoms with E-state index >= 15 is 0 Å². The van der Waals surface area contributed by atoms with E-state index < -0.39 is 0 Å². The predicted octanol–water partition coefficient (Wildman–Crippen LogP) is 2.34. The van der Waals surface area contributed by atoms with Crippen molar-refractivity contribution in [1.82, 2.24) is 9.80 Å². The Morgan fingerprint density at radius 2 is 1.79 bits per heavy atom. The van der Waals surface area contributed by atoms with Gasteiger partial charge in [-0.3, -0.25) is 9.69 Å². The normalized spacial score (nSPS) is 19.1. The molecule has 3 heteroatoms. The highest BCUT2D eigenvalue weighted by Gasteiger charge is 2.27. The second-order valence-corrected chi connectivity index (χ2v) is 5.63. The van der Waals surface area contributed by atoms with Gasteiger partial charge in [0.25, 0.3) is 0 Å². The molecule has 2 rings (SSSR count). The Bertz CT molecular complexity index is 408. The molecular weight excluding hydrogens is 236 g/mol. The highest BCUT2D eigenvalue weighted by molar-refractivity contribution is 5.80. The lowest BCUT2D eigenvalue weighted by Crippen LogP contribution is -2.47. The summed E-state index contributed by atoms with van der Waals surface area (Å²) in [6.45, 7) is 4.05. The highest BCUT2D eigenvalue weighted by Crippen LogP contribution is 2.28. The molecule has 1 aromatic carbocycles. The molecule has 1 aliphatic rings. The third-order valence-electron chi connectivity index (χ3n) is 4.15. The summed E-state index contributed by atoms with van der Waals surface area (Å²) in [7, 11) is 3.66. The maximum Gasteiger partial charge on any atom is 0.239 e. The van der Waals surface area contributed by atoms with Gasteiger partial charge >= 0.3 is 0 Å². The zero-order valence-electron chi connectivity index (χ0n) is 12.2. The number of benzene rings is 1. The molecule has 1 aliphatic heterocycles. The first kappa shape index (κ1) is 14.1. The zero-order chi connectivity index (χ0) is 13.8. The van der Waals surface area contributed by atoms with E-state index in [-0.39, 0.29) is 11.9 Å². The number of piperidine rings is 1. The fourth-order valence-electron chi connectivity index (χ4n) is 2.88. The van der Waals surface area contributed by atoms with Gasteiger partial charge in [0.1, 0.15) is 0 Å². The van der Waals surface area contributed by atoms with Crippen LogP contribution >= 0.6 is 0 Å². The van der Waals surface area contributed by atoms with Crippen molar-refractivity contribution >= 4 is 5.91 Å². The lowest BCUT2D eigenvalue weighted by Gasteiger charge is -2.36. The van der Waals surface area contributed by atoms with E-state index in [1.54, 1.807) is 4.90 Å². The predicted molar refractivity (Wildman–Crippen MR) is 78.1 cm³/mol. The number of rotatable bonds is 3. The van der Waals surface area contributed by atoms with Gasteiger partial charge in [-0.2, -0.15) is 0 Å². The van der Waals surface area contributed by atoms with Crippen LogP contribution < -0.4 is 0 Å². The summed E-state index contributed by atoms with van der Waals surface area (Å²) in [5, 5.41) is 0. The third-order valence-corrected chi connectivity index (χ3v) is 4.15. The van der Waals surface area contributed by atoms with E-state index in [9.17, 15) is 4.79 Å². The lowest BCUT2D eigenvalue weighted by atomic mass is 9.89. The summed E-state index contributed by atoms with van der Waals surface area (Å²) in [6.07, 6.45) is 2.30. The van der Waals surface area contributed by atoms with Gasteiger partial charge in [0.05, 0.1) is 6.04 Å². The Labute approximate surface area is 116 Å². The van der Waals surface area contributed by atoms with Crippen LogP contribution in [0.2, 0.25) is 0 Å². The van der Waals surface area contributed by atoms with Crippen molar-refractivity contribution in [2.45, 2.75) is 31.7 Å². The topological polar surface area (TPSA) is 23.6 Å². The van der Waals surface area contributed by atoms with E-state index in [1.807, 2.05) is 21.0 Å². The maximum atomic E-state index is 12.0. The molecule has 0 aliphatic carbocycles. The van der Waals surface area contributed by atoms with Crippen LogP contribution in [0, 0.1) is 0 Å². The first-order chi connectivity index (χ1) is 9.09. The van der Waals surface area contributed by atoms with Gasteiger partial charge in [0.15, 0.2) is 0 Å². The van der Waals surface area contributed by atoms with Gasteiger partial charge in [0.2, 0.25) is 5.91 Å². The quantitative estimate of drug-likeness (QED) is 0.833. The van der Waals surface area contributed by atoms with Gasteiger partial charge < -0.3 is 4.90 Å². The first-order valence-electron chi connectivity index (χ1n) is 7.09. The van der Waals surface area contributed by atoms with Crippen LogP contribution in [0.1, 0.15) is 31.2 Å². The summed E-state index contributed by atoms with van der Waals surface area (Å²) < 4.78 is 0. The second-order valence-electron chi connectivity index (χ2n) is 5.63. The van der Waals surface area contributed by atoms with E-state index in [1.165, 1.54) is 5.56 Å². The van der Waals surface area contributed by atoms with Gasteiger partial charge in [0, 0.05) is 14.1 Å². The largest absolute Gasteiger partial charge is 0.347 e. The molecule has 1 saturated heterocycles. The molecule has 19 heavy (non-hydrogen) atoms. The number of nitrogens with zero attached hydrogens (tertiary/aromatic N) is 2. The van der Waals surface area contributed by atoms with Crippen molar-refractivity contribution in [3.8, 4) is 0 Å². The van der Waals surface area contributed by atoms with Crippen LogP contribution in [-0.4, -0.2) is 48.9 Å². The minimum atomic E-state index is 0.00623. The number of likely N-dealkylation sites (tertiary alicyclic amines) is 1. The second kappa shape index (κ2) is 6.20. The summed E-state index contributed by atoms with van der Waals surface area (Å²) >= 11 is 0. The number of carbonyl (C=O) groups is 1. The van der Waals surface area contributed by atoms with Gasteiger partial charge in [-0.1, -0.05) is 30.3 Å². The summed E-state index contributed by atoms with van der Waals surface area (Å²) in [5.74, 6) is 0.859. The molecule has 0 radical (unpaired) electrons. The average molecular weight is 260 g/mol. The van der Waals surface area contributed by atoms with Crippen LogP contribution in [-0.2, 0) is 4.79 Å². The first-order valence-corrected chi connectivity index (χ1v) is 7.09. The van der Waals surface area contributed by atoms with Crippen molar-refractivity contribution in [3.63, 3.8) is 0 Å². The van der Waals surface area contributed by atoms with Gasteiger partial charge in [-0.15, -0.1) is 0 Å². The van der Waals surface area contributed by atoms with Crippen molar-refractivity contribution in [3.05, 3.63) is 35.9 Å². The van der Waals surface area contributed by atoms with Crippen LogP contribution in [0.4, 0.5) is 0 Å². The van der Waals surface area contributed by atoms with E-state index in [2.05, 4.69) is 35.2 Å². The van der Waals surface area contributed by atoms with Crippen molar-refractivity contribution in [1.29, 1.82) is 0 Å². The molecule has 104 valence electrons. The molecule has 1 atom stereocenters. The maximum absolute atomic E-state index is 12.0. The molecule has 0 N–H and O–H groups in total. The van der Waals surface area contributed by atoms with Crippen LogP contribution in [0.3, 0.4) is 0 Å². The van der Waals surface area contributed by atoms with E-state index in [0.717, 1.165) is 25.9 Å². The third kappa shape index (κ3) is 3.35. The Morgan fingerprint density at radius 1 is 1.21 bits per heavy atom. The Hall–Kier alpha value is -1.35. The summed E-state index contributed by atoms with van der Waals surface area (Å²) in [4.78, 5) is 16.0. The molecule has 1 fully saturated rings. The molecule has 0 spiro atoms. The van der Waals surface area contributed by atoms with Crippen molar-refractivity contribution < 1.29 is 4.79 Å². The number of amides is 1. The van der Waals surface area contributed by atoms with Crippen LogP contribution in [0.5, 0.6) is 0 Å². The summed E-state index contributed by atoms with van der Waals surface area (Å²) in [6, 6.07) is 10.7. The Morgan fingerprint density at radius 3 is 2.32 bits per heavy atom. The van der Waals surface area contributed by atoms with E-state index in [0.29, 0.717) is 5.92 Å². The fourth-order valence-corrected chi connectivity index (χ4v) is 2.88. The standard InChI is InChI=1S/C16H24N2O/c1-13(16(19)17(2)3)18-11-9-15(10-12-18)14-7-5-4-6-8-14/h4-8,13,15H,9-12H2,1-3H3/t13-/m0/s1. The zero-order valence-corrected chi connectivity index (χ0v) is 12.2. The molecular formula is C16H24N2O. The number of carbonyl (C=O) groups excluding carboxylic acids is 1. The molecule has 1 heterocycles. The summed E-state index contributed by atoms with van der Waals surface area (Å²) in [5.41, 5.74) is 1.44. The smallest absolute Gasteiger partial charge is 0.239 e. The molecule has 1 aromatic rings. The average Bonchev–Trinajstić information content (AvgIpc) is 2.46. The molecule has 0 bridgehead atoms. The minimum absolute atomic E-state index is 0.00623. The minimum Gasteiger partial charge on any atom is -0.347 e. The SMILES string of the molecule is C[C@@H](C(=O)N(C)C)N1CCC(c2ccccc2)CC1. The van der Waals surface area contributed by atoms with Crippen LogP contribution in [0.25, 0.3) is 0 Å². The highest BCUT2D eigenvalue weighted by atomic mass is 16.2. The Kier molecular flexibility index (Phi) is 4.59. The van der Waals surface area contributed by atoms with Gasteiger partial charge in [-0.25, -0.2) is 0 Å². The number of likely N-dealkylation sites (N-methyl/N-ethyl adjacent to an activating group) is 1. The molecule has 1 amide bonds. The monoisotopic (exact) mass is 260 g/mol. The molecule has 0 unspecified atom stereocenters. The number of hydrogen-bond donors (Lipinski definition) is 0. The van der Waals surface area contributed by atoms with Crippen molar-refractivity contribution in [2.24, 2.45) is 0 Å². The molecule has 0 aromatic heterocycles. The Balaban J connectivity index is 1.91. The van der Waals surface area contributed by atoms with E-state index in [4.69, 9.17) is 0 Å². The van der Waals surface area contributed by atoms with Gasteiger partial charge in [-0.05, 0) is 44.3 Å². The van der Waals surface area contributed by atoms with Crippen molar-refractivity contribution in [2.75, 3.05) is 27.2 Å². The fraction of sp³-hybridized carbons (Fsp3) is 0.562. The lowest BCUT2D eigenvalue weighted by molar-refractivity contribution is -0.134. The van der Waals surface area contributed by atoms with Crippen LogP contribution in [0.15, 0.2) is 30.3 Å². The molecule has 0 saturated carbocycles. The molecule has 3 nitrogen and oxygen atoms in total. The number of hydrogen-bond acceptors (Lipinski definition) is 2.